The van der Waals surface area contributed by atoms with Crippen LogP contribution in [0.5, 0.6) is 0 Å². The van der Waals surface area contributed by atoms with Gasteiger partial charge in [0, 0.05) is 12.8 Å². The lowest BCUT2D eigenvalue weighted by atomic mass is 10.0. The molecule has 0 aliphatic heterocycles. The van der Waals surface area contributed by atoms with Crippen LogP contribution in [0.4, 0.5) is 0 Å². The summed E-state index contributed by atoms with van der Waals surface area (Å²) >= 11 is 0. The maximum atomic E-state index is 12.6. The van der Waals surface area contributed by atoms with E-state index in [2.05, 4.69) is 54.8 Å². The van der Waals surface area contributed by atoms with E-state index in [9.17, 15) is 23.8 Å². The molecule has 0 aliphatic rings. The molecule has 0 spiro atoms. The minimum atomic E-state index is -4.73. The van der Waals surface area contributed by atoms with Crippen molar-refractivity contribution in [2.24, 2.45) is 5.73 Å². The summed E-state index contributed by atoms with van der Waals surface area (Å²) in [6.45, 7) is 2.73. The Balaban J connectivity index is 4.44. The largest absolute Gasteiger partial charge is 0.480 e. The number of rotatable bonds is 41. The number of carboxylic acids is 1. The fourth-order valence-electron chi connectivity index (χ4n) is 5.82. The summed E-state index contributed by atoms with van der Waals surface area (Å²) in [4.78, 5) is 45.9. The van der Waals surface area contributed by atoms with Crippen molar-refractivity contribution in [2.75, 3.05) is 19.8 Å². The van der Waals surface area contributed by atoms with Gasteiger partial charge in [-0.1, -0.05) is 172 Å². The molecule has 3 atom stereocenters. The average molecular weight is 826 g/mol. The molecule has 12 heteroatoms. The molecule has 0 heterocycles. The lowest BCUT2D eigenvalue weighted by Gasteiger charge is -2.20. The highest BCUT2D eigenvalue weighted by molar-refractivity contribution is 7.47. The molecule has 0 fully saturated rings. The Morgan fingerprint density at radius 2 is 0.947 bits per heavy atom. The van der Waals surface area contributed by atoms with Crippen LogP contribution in [0.15, 0.2) is 48.6 Å². The monoisotopic (exact) mass is 826 g/mol. The van der Waals surface area contributed by atoms with Gasteiger partial charge in [-0.2, -0.15) is 0 Å². The number of carboxylic acid groups (broad SMARTS) is 1. The van der Waals surface area contributed by atoms with Gasteiger partial charge >= 0.3 is 25.7 Å². The first-order chi connectivity index (χ1) is 27.6. The molecule has 0 amide bonds. The molecule has 4 N–H and O–H groups in total. The van der Waals surface area contributed by atoms with E-state index in [1.165, 1.54) is 96.3 Å². The molecule has 0 rings (SSSR count). The van der Waals surface area contributed by atoms with Gasteiger partial charge in [0.15, 0.2) is 6.10 Å². The Kier molecular flexibility index (Phi) is 38.4. The molecule has 0 aliphatic carbocycles. The van der Waals surface area contributed by atoms with Gasteiger partial charge in [0.2, 0.25) is 0 Å². The van der Waals surface area contributed by atoms with E-state index in [1.54, 1.807) is 0 Å². The Labute approximate surface area is 345 Å². The summed E-state index contributed by atoms with van der Waals surface area (Å²) in [7, 11) is -4.73. The highest BCUT2D eigenvalue weighted by atomic mass is 31.2. The van der Waals surface area contributed by atoms with Gasteiger partial charge in [0.05, 0.1) is 13.2 Å². The number of hydrogen-bond donors (Lipinski definition) is 3. The fourth-order valence-corrected chi connectivity index (χ4v) is 6.60. The number of ether oxygens (including phenoxy) is 2. The quantitative estimate of drug-likeness (QED) is 0.0232. The molecule has 0 saturated heterocycles. The van der Waals surface area contributed by atoms with Crippen LogP contribution in [0.1, 0.15) is 187 Å². The summed E-state index contributed by atoms with van der Waals surface area (Å²) in [5.74, 6) is -2.45. The van der Waals surface area contributed by atoms with Crippen LogP contribution >= 0.6 is 7.82 Å². The minimum Gasteiger partial charge on any atom is -0.480 e. The van der Waals surface area contributed by atoms with Crippen molar-refractivity contribution < 1.29 is 47.5 Å². The van der Waals surface area contributed by atoms with Crippen molar-refractivity contribution in [2.45, 2.75) is 199 Å². The zero-order chi connectivity index (χ0) is 42.1. The number of carbonyl (C=O) groups is 3. The maximum absolute atomic E-state index is 12.6. The number of nitrogens with two attached hydrogens (primary N) is 1. The first-order valence-corrected chi connectivity index (χ1v) is 23.7. The SMILES string of the molecule is CCCCC/C=C/C/C=C/C/C=C/C/C=C/CCCC(=O)O[C@H](COC(=O)CCCCCCCCCCCCCCCCCC)COP(=O)(O)OC[C@H](N)C(=O)O. The number of phosphoric ester groups is 1. The number of allylic oxidation sites excluding steroid dienone is 8. The lowest BCUT2D eigenvalue weighted by molar-refractivity contribution is -0.161. The second-order valence-corrected chi connectivity index (χ2v) is 16.3. The first kappa shape index (κ1) is 54.4. The van der Waals surface area contributed by atoms with E-state index in [0.29, 0.717) is 19.3 Å². The predicted octanol–water partition coefficient (Wildman–Crippen LogP) is 11.8. The van der Waals surface area contributed by atoms with Crippen molar-refractivity contribution in [3.63, 3.8) is 0 Å². The van der Waals surface area contributed by atoms with Crippen LogP contribution in [-0.2, 0) is 37.5 Å². The molecule has 11 nitrogen and oxygen atoms in total. The molecular formula is C45H80NO10P. The van der Waals surface area contributed by atoms with Gasteiger partial charge in [-0.3, -0.25) is 23.4 Å². The molecule has 0 radical (unpaired) electrons. The second kappa shape index (κ2) is 40.2. The van der Waals surface area contributed by atoms with E-state index in [1.807, 2.05) is 12.2 Å². The summed E-state index contributed by atoms with van der Waals surface area (Å²) in [5.41, 5.74) is 5.33. The fraction of sp³-hybridized carbons (Fsp3) is 0.756. The van der Waals surface area contributed by atoms with Gasteiger partial charge in [-0.15, -0.1) is 0 Å². The summed E-state index contributed by atoms with van der Waals surface area (Å²) in [6.07, 6.45) is 44.7. The predicted molar refractivity (Wildman–Crippen MR) is 231 cm³/mol. The lowest BCUT2D eigenvalue weighted by Crippen LogP contribution is -2.34. The van der Waals surface area contributed by atoms with Gasteiger partial charge in [0.25, 0.3) is 0 Å². The number of carbonyl (C=O) groups excluding carboxylic acids is 2. The van der Waals surface area contributed by atoms with Crippen LogP contribution in [-0.4, -0.2) is 59.9 Å². The number of hydrogen-bond acceptors (Lipinski definition) is 9. The van der Waals surface area contributed by atoms with E-state index in [-0.39, 0.29) is 19.4 Å². The molecule has 0 aromatic heterocycles. The molecule has 57 heavy (non-hydrogen) atoms. The van der Waals surface area contributed by atoms with Gasteiger partial charge in [0.1, 0.15) is 12.6 Å². The van der Waals surface area contributed by atoms with Crippen molar-refractivity contribution in [1.29, 1.82) is 0 Å². The van der Waals surface area contributed by atoms with Crippen molar-refractivity contribution >= 4 is 25.7 Å². The van der Waals surface area contributed by atoms with Crippen molar-refractivity contribution in [3.8, 4) is 0 Å². The zero-order valence-electron chi connectivity index (χ0n) is 35.7. The van der Waals surface area contributed by atoms with Gasteiger partial charge in [-0.25, -0.2) is 4.57 Å². The van der Waals surface area contributed by atoms with Crippen molar-refractivity contribution in [3.05, 3.63) is 48.6 Å². The number of aliphatic carboxylic acids is 1. The molecule has 0 aromatic rings. The Morgan fingerprint density at radius 3 is 1.44 bits per heavy atom. The van der Waals surface area contributed by atoms with Gasteiger partial charge < -0.3 is 25.2 Å². The standard InChI is InChI=1S/C45H80NO10P/c1-3-5-7-9-11-13-15-17-19-21-23-25-27-29-31-33-35-37-44(48)56-41(39-54-57(51,52)55-40-42(46)45(49)50)38-53-43(47)36-34-32-30-28-26-24-22-20-18-16-14-12-10-8-6-4-2/h11,13,17,19,23,25,29,31,41-42H,3-10,12,14-16,18,20-22,24,26-28,30,32-40,46H2,1-2H3,(H,49,50)(H,51,52)/b13-11+,19-17+,25-23+,31-29+/t41-,42+/m1/s1. The van der Waals surface area contributed by atoms with E-state index >= 15 is 0 Å². The Morgan fingerprint density at radius 1 is 0.544 bits per heavy atom. The number of phosphoric acid groups is 1. The molecule has 0 aromatic carbocycles. The normalized spacial score (nSPS) is 14.2. The first-order valence-electron chi connectivity index (χ1n) is 22.2. The molecular weight excluding hydrogens is 745 g/mol. The van der Waals surface area contributed by atoms with Crippen LogP contribution in [0.2, 0.25) is 0 Å². The maximum Gasteiger partial charge on any atom is 0.472 e. The molecule has 0 bridgehead atoms. The van der Waals surface area contributed by atoms with E-state index in [0.717, 1.165) is 44.9 Å². The van der Waals surface area contributed by atoms with Gasteiger partial charge in [-0.05, 0) is 51.4 Å². The third-order valence-corrected chi connectivity index (χ3v) is 10.3. The highest BCUT2D eigenvalue weighted by Gasteiger charge is 2.28. The number of esters is 2. The minimum absolute atomic E-state index is 0.0857. The highest BCUT2D eigenvalue weighted by Crippen LogP contribution is 2.43. The number of unbranched alkanes of at least 4 members (excludes halogenated alkanes) is 19. The van der Waals surface area contributed by atoms with Crippen LogP contribution in [0.25, 0.3) is 0 Å². The average Bonchev–Trinajstić information content (AvgIpc) is 3.19. The topological polar surface area (TPSA) is 172 Å². The third-order valence-electron chi connectivity index (χ3n) is 9.33. The summed E-state index contributed by atoms with van der Waals surface area (Å²) in [6, 6.07) is -1.53. The van der Waals surface area contributed by atoms with Crippen LogP contribution < -0.4 is 5.73 Å². The smallest absolute Gasteiger partial charge is 0.472 e. The second-order valence-electron chi connectivity index (χ2n) is 14.8. The Bertz CT molecular complexity index is 1150. The van der Waals surface area contributed by atoms with Crippen molar-refractivity contribution in [1.82, 2.24) is 0 Å². The molecule has 1 unspecified atom stereocenters. The third kappa shape index (κ3) is 40.0. The van der Waals surface area contributed by atoms with Crippen LogP contribution in [0.3, 0.4) is 0 Å². The zero-order valence-corrected chi connectivity index (χ0v) is 36.6. The Hall–Kier alpha value is -2.56. The molecule has 0 saturated carbocycles. The summed E-state index contributed by atoms with van der Waals surface area (Å²) in [5, 5.41) is 8.89. The molecule has 330 valence electrons. The van der Waals surface area contributed by atoms with E-state index < -0.39 is 51.1 Å². The van der Waals surface area contributed by atoms with E-state index in [4.69, 9.17) is 24.8 Å². The van der Waals surface area contributed by atoms with Crippen LogP contribution in [0, 0.1) is 0 Å². The summed E-state index contributed by atoms with van der Waals surface area (Å²) < 4.78 is 32.6.